The van der Waals surface area contributed by atoms with E-state index in [1.807, 2.05) is 32.9 Å². The highest BCUT2D eigenvalue weighted by Gasteiger charge is 2.39. The molecule has 1 saturated heterocycles. The molecule has 0 bridgehead atoms. The quantitative estimate of drug-likeness (QED) is 0.883. The zero-order chi connectivity index (χ0) is 17.3. The molecule has 1 aromatic heterocycles. The summed E-state index contributed by atoms with van der Waals surface area (Å²) < 4.78 is 27.0. The third-order valence-electron chi connectivity index (χ3n) is 3.91. The van der Waals surface area contributed by atoms with Crippen molar-refractivity contribution in [1.29, 1.82) is 0 Å². The number of pyridine rings is 1. The summed E-state index contributed by atoms with van der Waals surface area (Å²) in [5.41, 5.74) is 0.623. The highest BCUT2D eigenvalue weighted by molar-refractivity contribution is 7.89. The number of aromatic nitrogens is 1. The fraction of sp³-hybridized carbons (Fsp3) is 0.625. The Morgan fingerprint density at radius 1 is 1.39 bits per heavy atom. The summed E-state index contributed by atoms with van der Waals surface area (Å²) in [5.74, 6) is -0.000966. The molecule has 0 spiro atoms. The normalized spacial score (nSPS) is 22.6. The van der Waals surface area contributed by atoms with Gasteiger partial charge in [-0.25, -0.2) is 13.1 Å². The largest absolute Gasteiger partial charge is 0.338 e. The van der Waals surface area contributed by atoms with Gasteiger partial charge in [0.05, 0.1) is 11.8 Å². The molecule has 0 aromatic carbocycles. The van der Waals surface area contributed by atoms with Crippen LogP contribution in [0.25, 0.3) is 0 Å². The molecular formula is C16H25N3O3S. The number of amides is 1. The van der Waals surface area contributed by atoms with Gasteiger partial charge < -0.3 is 4.90 Å². The van der Waals surface area contributed by atoms with Crippen molar-refractivity contribution in [2.45, 2.75) is 33.2 Å². The maximum Gasteiger partial charge on any atom is 0.223 e. The molecule has 7 heteroatoms. The number of likely N-dealkylation sites (tertiary alicyclic amines) is 1. The average Bonchev–Trinajstić information content (AvgIpc) is 2.71. The Hall–Kier alpha value is -1.47. The number of sulfonamides is 1. The molecule has 2 heterocycles. The molecule has 0 radical (unpaired) electrons. The van der Waals surface area contributed by atoms with Crippen LogP contribution in [0.15, 0.2) is 24.5 Å². The fourth-order valence-corrected chi connectivity index (χ4v) is 4.75. The molecule has 1 aliphatic heterocycles. The molecular weight excluding hydrogens is 314 g/mol. The lowest BCUT2D eigenvalue weighted by atomic mass is 9.95. The second-order valence-electron chi connectivity index (χ2n) is 7.37. The lowest BCUT2D eigenvalue weighted by molar-refractivity contribution is -0.127. The molecule has 6 nitrogen and oxygen atoms in total. The van der Waals surface area contributed by atoms with Crippen molar-refractivity contribution in [3.8, 4) is 0 Å². The van der Waals surface area contributed by atoms with E-state index in [9.17, 15) is 13.2 Å². The molecule has 1 fully saturated rings. The zero-order valence-electron chi connectivity index (χ0n) is 14.1. The molecule has 1 aliphatic rings. The van der Waals surface area contributed by atoms with Gasteiger partial charge >= 0.3 is 0 Å². The van der Waals surface area contributed by atoms with E-state index in [0.29, 0.717) is 6.42 Å². The van der Waals surface area contributed by atoms with E-state index in [-0.39, 0.29) is 35.6 Å². The Labute approximate surface area is 138 Å². The lowest BCUT2D eigenvalue weighted by Gasteiger charge is -2.26. The first-order chi connectivity index (χ1) is 10.6. The lowest BCUT2D eigenvalue weighted by Crippen LogP contribution is -2.36. The van der Waals surface area contributed by atoms with E-state index in [0.717, 1.165) is 5.56 Å². The van der Waals surface area contributed by atoms with Crippen LogP contribution in [0.5, 0.6) is 0 Å². The van der Waals surface area contributed by atoms with Gasteiger partial charge in [-0.3, -0.25) is 9.78 Å². The van der Waals surface area contributed by atoms with E-state index in [1.54, 1.807) is 24.3 Å². The number of carbonyl (C=O) groups excluding carboxylic acids is 1. The van der Waals surface area contributed by atoms with Crippen LogP contribution in [0.1, 0.15) is 38.8 Å². The minimum atomic E-state index is -3.36. The molecule has 0 unspecified atom stereocenters. The Morgan fingerprint density at radius 3 is 2.65 bits per heavy atom. The van der Waals surface area contributed by atoms with Crippen LogP contribution in [-0.2, 0) is 14.8 Å². The third-order valence-corrected chi connectivity index (χ3v) is 5.76. The van der Waals surface area contributed by atoms with Crippen molar-refractivity contribution in [1.82, 2.24) is 14.6 Å². The Bertz CT molecular complexity index is 653. The monoisotopic (exact) mass is 339 g/mol. The van der Waals surface area contributed by atoms with Crippen molar-refractivity contribution in [3.63, 3.8) is 0 Å². The molecule has 128 valence electrons. The minimum absolute atomic E-state index is 0.0267. The predicted octanol–water partition coefficient (Wildman–Crippen LogP) is 1.57. The third kappa shape index (κ3) is 4.75. The highest BCUT2D eigenvalue weighted by Crippen LogP contribution is 2.36. The van der Waals surface area contributed by atoms with Crippen molar-refractivity contribution in [3.05, 3.63) is 30.1 Å². The number of nitrogens with one attached hydrogen (secondary N) is 1. The predicted molar refractivity (Wildman–Crippen MR) is 89.1 cm³/mol. The number of nitrogens with zero attached hydrogens (tertiary/aromatic N) is 2. The van der Waals surface area contributed by atoms with Crippen LogP contribution in [0.4, 0.5) is 0 Å². The van der Waals surface area contributed by atoms with Crippen LogP contribution in [-0.4, -0.2) is 43.6 Å². The Kier molecular flexibility index (Phi) is 5.10. The summed E-state index contributed by atoms with van der Waals surface area (Å²) in [5, 5.41) is 0. The SMILES string of the molecule is CN1C(=O)C[C@@H](CNS(=O)(=O)CC(C)(C)C)[C@@H]1c1cccnc1. The second kappa shape index (κ2) is 6.57. The van der Waals surface area contributed by atoms with Gasteiger partial charge in [0, 0.05) is 38.3 Å². The van der Waals surface area contributed by atoms with Gasteiger partial charge in [0.2, 0.25) is 15.9 Å². The summed E-state index contributed by atoms with van der Waals surface area (Å²) in [4.78, 5) is 17.8. The first-order valence-electron chi connectivity index (χ1n) is 7.72. The van der Waals surface area contributed by atoms with Crippen molar-refractivity contribution < 1.29 is 13.2 Å². The maximum absolute atomic E-state index is 12.2. The van der Waals surface area contributed by atoms with Gasteiger partial charge in [0.15, 0.2) is 0 Å². The van der Waals surface area contributed by atoms with Crippen LogP contribution < -0.4 is 4.72 Å². The smallest absolute Gasteiger partial charge is 0.223 e. The molecule has 23 heavy (non-hydrogen) atoms. The van der Waals surface area contributed by atoms with Crippen molar-refractivity contribution in [2.75, 3.05) is 19.3 Å². The number of rotatable bonds is 5. The maximum atomic E-state index is 12.2. The van der Waals surface area contributed by atoms with Gasteiger partial charge in [0.25, 0.3) is 0 Å². The Morgan fingerprint density at radius 2 is 2.09 bits per heavy atom. The van der Waals surface area contributed by atoms with Crippen LogP contribution in [0.3, 0.4) is 0 Å². The molecule has 2 rings (SSSR count). The molecule has 0 saturated carbocycles. The summed E-state index contributed by atoms with van der Waals surface area (Å²) in [6.45, 7) is 5.92. The second-order valence-corrected chi connectivity index (χ2v) is 9.18. The molecule has 2 atom stereocenters. The van der Waals surface area contributed by atoms with E-state index >= 15 is 0 Å². The van der Waals surface area contributed by atoms with Gasteiger partial charge in [-0.2, -0.15) is 0 Å². The molecule has 0 aliphatic carbocycles. The minimum Gasteiger partial charge on any atom is -0.338 e. The molecule has 1 aromatic rings. The summed E-state index contributed by atoms with van der Waals surface area (Å²) in [7, 11) is -1.61. The van der Waals surface area contributed by atoms with E-state index in [4.69, 9.17) is 0 Å². The first kappa shape index (κ1) is 17.9. The number of hydrogen-bond donors (Lipinski definition) is 1. The van der Waals surface area contributed by atoms with Crippen molar-refractivity contribution in [2.24, 2.45) is 11.3 Å². The van der Waals surface area contributed by atoms with Gasteiger partial charge in [-0.05, 0) is 17.0 Å². The molecule has 1 amide bonds. The first-order valence-corrected chi connectivity index (χ1v) is 9.37. The van der Waals surface area contributed by atoms with E-state index in [2.05, 4.69) is 9.71 Å². The van der Waals surface area contributed by atoms with Crippen LogP contribution in [0, 0.1) is 11.3 Å². The average molecular weight is 339 g/mol. The fourth-order valence-electron chi connectivity index (χ4n) is 3.04. The number of carbonyl (C=O) groups is 1. The van der Waals surface area contributed by atoms with Gasteiger partial charge in [-0.1, -0.05) is 26.8 Å². The zero-order valence-corrected chi connectivity index (χ0v) is 14.9. The molecule has 1 N–H and O–H groups in total. The standard InChI is InChI=1S/C16H25N3O3S/c1-16(2,3)11-23(21,22)18-10-13-8-14(20)19(4)15(13)12-6-5-7-17-9-12/h5-7,9,13,15,18H,8,10-11H2,1-4H3/t13-,15-/m0/s1. The number of hydrogen-bond acceptors (Lipinski definition) is 4. The highest BCUT2D eigenvalue weighted by atomic mass is 32.2. The Balaban J connectivity index is 2.11. The summed E-state index contributed by atoms with van der Waals surface area (Å²) in [6.07, 6.45) is 3.76. The van der Waals surface area contributed by atoms with Gasteiger partial charge in [-0.15, -0.1) is 0 Å². The summed E-state index contributed by atoms with van der Waals surface area (Å²) in [6, 6.07) is 3.60. The van der Waals surface area contributed by atoms with Crippen LogP contribution in [0.2, 0.25) is 0 Å². The van der Waals surface area contributed by atoms with E-state index < -0.39 is 10.0 Å². The topological polar surface area (TPSA) is 79.4 Å². The van der Waals surface area contributed by atoms with Gasteiger partial charge in [0.1, 0.15) is 0 Å². The van der Waals surface area contributed by atoms with Crippen LogP contribution >= 0.6 is 0 Å². The summed E-state index contributed by atoms with van der Waals surface area (Å²) >= 11 is 0. The van der Waals surface area contributed by atoms with E-state index in [1.165, 1.54) is 0 Å². The van der Waals surface area contributed by atoms with Crippen molar-refractivity contribution >= 4 is 15.9 Å².